The number of aromatic nitrogens is 4. The van der Waals surface area contributed by atoms with Crippen molar-refractivity contribution in [3.63, 3.8) is 0 Å². The quantitative estimate of drug-likeness (QED) is 0.654. The summed E-state index contributed by atoms with van der Waals surface area (Å²) >= 11 is 0. The van der Waals surface area contributed by atoms with Gasteiger partial charge in [-0.25, -0.2) is 8.78 Å². The summed E-state index contributed by atoms with van der Waals surface area (Å²) in [6.45, 7) is 4.99. The molecule has 1 saturated heterocycles. The van der Waals surface area contributed by atoms with Gasteiger partial charge in [0.1, 0.15) is 0 Å². The molecule has 1 aromatic carbocycles. The normalized spacial score (nSPS) is 13.9. The average molecular weight is 414 g/mol. The van der Waals surface area contributed by atoms with Crippen molar-refractivity contribution in [1.29, 1.82) is 0 Å². The molecule has 0 radical (unpaired) electrons. The lowest BCUT2D eigenvalue weighted by Crippen LogP contribution is -2.44. The van der Waals surface area contributed by atoms with Crippen LogP contribution in [-0.2, 0) is 13.6 Å². The number of fused-ring (bicyclic) bond motifs is 1. The summed E-state index contributed by atoms with van der Waals surface area (Å²) in [6, 6.07) is 3.10. The first kappa shape index (κ1) is 19.8. The smallest absolute Gasteiger partial charge is 0.306 e. The first-order valence-corrected chi connectivity index (χ1v) is 9.45. The van der Waals surface area contributed by atoms with Gasteiger partial charge in [-0.3, -0.25) is 13.9 Å². The maximum absolute atomic E-state index is 14.0. The fourth-order valence-electron chi connectivity index (χ4n) is 3.31. The van der Waals surface area contributed by atoms with E-state index in [9.17, 15) is 13.6 Å². The highest BCUT2D eigenvalue weighted by molar-refractivity contribution is 5.75. The van der Waals surface area contributed by atoms with E-state index in [1.54, 1.807) is 11.5 Å². The van der Waals surface area contributed by atoms with E-state index in [0.717, 1.165) is 29.8 Å². The second-order valence-electron chi connectivity index (χ2n) is 6.75. The van der Waals surface area contributed by atoms with Gasteiger partial charge in [0.2, 0.25) is 11.7 Å². The second kappa shape index (κ2) is 8.12. The molecule has 0 amide bonds. The van der Waals surface area contributed by atoms with Crippen LogP contribution in [0.1, 0.15) is 6.92 Å². The van der Waals surface area contributed by atoms with Crippen molar-refractivity contribution in [2.24, 2.45) is 7.05 Å². The summed E-state index contributed by atoms with van der Waals surface area (Å²) in [7, 11) is 1.43. The maximum Gasteiger partial charge on any atom is 0.306 e. The van der Waals surface area contributed by atoms with Gasteiger partial charge >= 0.3 is 6.01 Å². The van der Waals surface area contributed by atoms with Gasteiger partial charge in [0.15, 0.2) is 22.8 Å². The number of benzene rings is 1. The first-order chi connectivity index (χ1) is 14.5. The number of anilines is 1. The standard InChI is InChI=1S/C20H20F2N6O2/c1-3-4-10-28-15-17(24-19(28)27-11-8-23-9-12-27)25-20(26(2)18(15)29)30-16-13(21)6-5-7-14(16)22/h5-7,23H,8-12H2,1-2H3. The van der Waals surface area contributed by atoms with E-state index < -0.39 is 22.9 Å². The van der Waals surface area contributed by atoms with Crippen molar-refractivity contribution < 1.29 is 13.5 Å². The largest absolute Gasteiger partial charge is 0.419 e. The minimum absolute atomic E-state index is 0.135. The molecule has 0 atom stereocenters. The van der Waals surface area contributed by atoms with Gasteiger partial charge in [-0.1, -0.05) is 12.0 Å². The van der Waals surface area contributed by atoms with Crippen molar-refractivity contribution in [2.45, 2.75) is 13.5 Å². The Bertz CT molecular complexity index is 1200. The van der Waals surface area contributed by atoms with Crippen LogP contribution in [0.25, 0.3) is 11.2 Å². The molecular formula is C20H20F2N6O2. The fraction of sp³-hybridized carbons (Fsp3) is 0.350. The number of nitrogens with zero attached hydrogens (tertiary/aromatic N) is 5. The predicted molar refractivity (Wildman–Crippen MR) is 108 cm³/mol. The van der Waals surface area contributed by atoms with Gasteiger partial charge in [-0.15, -0.1) is 5.92 Å². The summed E-state index contributed by atoms with van der Waals surface area (Å²) < 4.78 is 36.2. The monoisotopic (exact) mass is 414 g/mol. The molecule has 3 heterocycles. The van der Waals surface area contributed by atoms with E-state index in [1.165, 1.54) is 13.1 Å². The zero-order chi connectivity index (χ0) is 21.3. The van der Waals surface area contributed by atoms with Crippen LogP contribution in [-0.4, -0.2) is 45.3 Å². The molecule has 2 aromatic heterocycles. The molecule has 1 aliphatic rings. The summed E-state index contributed by atoms with van der Waals surface area (Å²) in [5.74, 6) is 3.95. The Kier molecular flexibility index (Phi) is 5.37. The van der Waals surface area contributed by atoms with Crippen LogP contribution in [0.2, 0.25) is 0 Å². The Morgan fingerprint density at radius 3 is 2.57 bits per heavy atom. The van der Waals surface area contributed by atoms with Crippen LogP contribution in [0.4, 0.5) is 14.7 Å². The number of piperazine rings is 1. The minimum Gasteiger partial charge on any atom is -0.419 e. The van der Waals surface area contributed by atoms with Crippen LogP contribution >= 0.6 is 0 Å². The Morgan fingerprint density at radius 1 is 1.20 bits per heavy atom. The zero-order valence-corrected chi connectivity index (χ0v) is 16.6. The van der Waals surface area contributed by atoms with E-state index >= 15 is 0 Å². The van der Waals surface area contributed by atoms with Crippen molar-refractivity contribution >= 4 is 17.1 Å². The predicted octanol–water partition coefficient (Wildman–Crippen LogP) is 1.63. The Morgan fingerprint density at radius 2 is 1.90 bits per heavy atom. The van der Waals surface area contributed by atoms with Gasteiger partial charge in [0, 0.05) is 33.2 Å². The molecule has 1 fully saturated rings. The van der Waals surface area contributed by atoms with Crippen LogP contribution in [0.3, 0.4) is 0 Å². The molecule has 10 heteroatoms. The second-order valence-corrected chi connectivity index (χ2v) is 6.75. The molecule has 0 bridgehead atoms. The number of halogens is 2. The number of rotatable bonds is 4. The molecule has 1 aliphatic heterocycles. The maximum atomic E-state index is 14.0. The molecule has 0 aliphatic carbocycles. The third-order valence-corrected chi connectivity index (χ3v) is 4.85. The third kappa shape index (κ3) is 3.48. The zero-order valence-electron chi connectivity index (χ0n) is 16.6. The highest BCUT2D eigenvalue weighted by Gasteiger charge is 2.24. The Balaban J connectivity index is 1.86. The molecule has 4 rings (SSSR count). The molecule has 0 unspecified atom stereocenters. The lowest BCUT2D eigenvalue weighted by molar-refractivity contribution is 0.366. The van der Waals surface area contributed by atoms with Gasteiger partial charge < -0.3 is 15.0 Å². The molecule has 30 heavy (non-hydrogen) atoms. The van der Waals surface area contributed by atoms with E-state index in [-0.39, 0.29) is 23.7 Å². The van der Waals surface area contributed by atoms with Crippen LogP contribution in [0.5, 0.6) is 11.8 Å². The number of imidazole rings is 1. The minimum atomic E-state index is -0.894. The van der Waals surface area contributed by atoms with Gasteiger partial charge in [0.25, 0.3) is 5.56 Å². The van der Waals surface area contributed by atoms with Crippen molar-refractivity contribution in [2.75, 3.05) is 31.1 Å². The van der Waals surface area contributed by atoms with Crippen molar-refractivity contribution in [3.8, 4) is 23.6 Å². The average Bonchev–Trinajstić information content (AvgIpc) is 3.11. The Labute approximate surface area is 171 Å². The van der Waals surface area contributed by atoms with Gasteiger partial charge in [-0.2, -0.15) is 9.97 Å². The van der Waals surface area contributed by atoms with Gasteiger partial charge in [-0.05, 0) is 19.1 Å². The molecular weight excluding hydrogens is 394 g/mol. The van der Waals surface area contributed by atoms with E-state index in [4.69, 9.17) is 4.74 Å². The number of hydrogen-bond acceptors (Lipinski definition) is 6. The van der Waals surface area contributed by atoms with Crippen LogP contribution < -0.4 is 20.5 Å². The Hall–Kier alpha value is -3.45. The highest BCUT2D eigenvalue weighted by Crippen LogP contribution is 2.27. The summed E-state index contributed by atoms with van der Waals surface area (Å²) in [6.07, 6.45) is 0. The number of hydrogen-bond donors (Lipinski definition) is 1. The SMILES string of the molecule is CC#CCn1c(N2CCNCC2)nc2nc(Oc3c(F)cccc3F)n(C)c(=O)c21. The summed E-state index contributed by atoms with van der Waals surface area (Å²) in [5, 5.41) is 3.27. The molecule has 156 valence electrons. The highest BCUT2D eigenvalue weighted by atomic mass is 19.1. The number of ether oxygens (including phenoxy) is 1. The molecule has 8 nitrogen and oxygen atoms in total. The molecule has 3 aromatic rings. The molecule has 0 spiro atoms. The van der Waals surface area contributed by atoms with Crippen LogP contribution in [0.15, 0.2) is 23.0 Å². The van der Waals surface area contributed by atoms with E-state index in [0.29, 0.717) is 19.0 Å². The summed E-state index contributed by atoms with van der Waals surface area (Å²) in [4.78, 5) is 24.0. The van der Waals surface area contributed by atoms with E-state index in [1.807, 2.05) is 4.90 Å². The summed E-state index contributed by atoms with van der Waals surface area (Å²) in [5.41, 5.74) is -0.0510. The van der Waals surface area contributed by atoms with Crippen LogP contribution in [0, 0.1) is 23.5 Å². The van der Waals surface area contributed by atoms with E-state index in [2.05, 4.69) is 27.1 Å². The number of para-hydroxylation sites is 1. The first-order valence-electron chi connectivity index (χ1n) is 9.45. The molecule has 0 saturated carbocycles. The van der Waals surface area contributed by atoms with Crippen molar-refractivity contribution in [3.05, 3.63) is 40.2 Å². The topological polar surface area (TPSA) is 77.2 Å². The molecule has 1 N–H and O–H groups in total. The van der Waals surface area contributed by atoms with Gasteiger partial charge in [0.05, 0.1) is 6.54 Å². The number of nitrogens with one attached hydrogen (secondary N) is 1. The lowest BCUT2D eigenvalue weighted by atomic mass is 10.3. The van der Waals surface area contributed by atoms with Crippen molar-refractivity contribution in [1.82, 2.24) is 24.4 Å². The third-order valence-electron chi connectivity index (χ3n) is 4.85. The fourth-order valence-corrected chi connectivity index (χ4v) is 3.31. The lowest BCUT2D eigenvalue weighted by Gasteiger charge is -2.28.